The van der Waals surface area contributed by atoms with E-state index in [4.69, 9.17) is 5.73 Å². The number of hydrogen-bond acceptors (Lipinski definition) is 3. The van der Waals surface area contributed by atoms with Crippen LogP contribution in [0.2, 0.25) is 0 Å². The van der Waals surface area contributed by atoms with Crippen LogP contribution in [0, 0.1) is 11.7 Å². The van der Waals surface area contributed by atoms with E-state index in [1.54, 1.807) is 12.3 Å². The number of nitrogens with zero attached hydrogens (tertiary/aromatic N) is 1. The number of nitrogens with two attached hydrogens (primary N) is 1. The second-order valence-corrected chi connectivity index (χ2v) is 3.57. The zero-order valence-corrected chi connectivity index (χ0v) is 9.04. The SMILES string of the molecule is CCC(CCN)CNc1ncccc1F. The van der Waals surface area contributed by atoms with Crippen LogP contribution in [0.25, 0.3) is 0 Å². The Morgan fingerprint density at radius 2 is 2.40 bits per heavy atom. The molecular weight excluding hydrogens is 193 g/mol. The van der Waals surface area contributed by atoms with Crippen LogP contribution in [0.3, 0.4) is 0 Å². The molecule has 1 aromatic heterocycles. The standard InChI is InChI=1S/C11H18FN3/c1-2-9(5-6-13)8-15-11-10(12)4-3-7-14-11/h3-4,7,9H,2,5-6,8,13H2,1H3,(H,14,15). The minimum atomic E-state index is -0.305. The number of pyridine rings is 1. The lowest BCUT2D eigenvalue weighted by Crippen LogP contribution is -2.18. The van der Waals surface area contributed by atoms with Gasteiger partial charge in [0.05, 0.1) is 0 Å². The average molecular weight is 211 g/mol. The highest BCUT2D eigenvalue weighted by molar-refractivity contribution is 5.35. The van der Waals surface area contributed by atoms with Crippen LogP contribution in [-0.2, 0) is 0 Å². The molecule has 3 N–H and O–H groups in total. The van der Waals surface area contributed by atoms with Crippen LogP contribution in [0.1, 0.15) is 19.8 Å². The molecule has 0 amide bonds. The predicted octanol–water partition coefficient (Wildman–Crippen LogP) is 2.01. The van der Waals surface area contributed by atoms with Crippen LogP contribution >= 0.6 is 0 Å². The van der Waals surface area contributed by atoms with Crippen LogP contribution in [-0.4, -0.2) is 18.1 Å². The Labute approximate surface area is 89.9 Å². The van der Waals surface area contributed by atoms with Gasteiger partial charge in [0.1, 0.15) is 0 Å². The molecule has 0 aromatic carbocycles. The smallest absolute Gasteiger partial charge is 0.165 e. The van der Waals surface area contributed by atoms with Crippen molar-refractivity contribution in [3.63, 3.8) is 0 Å². The number of rotatable bonds is 6. The van der Waals surface area contributed by atoms with Crippen LogP contribution in [0.15, 0.2) is 18.3 Å². The Hall–Kier alpha value is -1.16. The summed E-state index contributed by atoms with van der Waals surface area (Å²) in [5.74, 6) is 0.504. The van der Waals surface area contributed by atoms with E-state index < -0.39 is 0 Å². The molecule has 0 fully saturated rings. The molecule has 0 aliphatic heterocycles. The van der Waals surface area contributed by atoms with E-state index in [1.807, 2.05) is 0 Å². The van der Waals surface area contributed by atoms with Gasteiger partial charge < -0.3 is 11.1 Å². The predicted molar refractivity (Wildman–Crippen MR) is 60.1 cm³/mol. The lowest BCUT2D eigenvalue weighted by atomic mass is 10.0. The first-order valence-electron chi connectivity index (χ1n) is 5.32. The van der Waals surface area contributed by atoms with Crippen molar-refractivity contribution in [2.45, 2.75) is 19.8 Å². The zero-order chi connectivity index (χ0) is 11.1. The highest BCUT2D eigenvalue weighted by Crippen LogP contribution is 2.12. The number of nitrogens with one attached hydrogen (secondary N) is 1. The summed E-state index contributed by atoms with van der Waals surface area (Å²) in [6.07, 6.45) is 3.58. The van der Waals surface area contributed by atoms with Gasteiger partial charge in [-0.25, -0.2) is 9.37 Å². The molecule has 1 unspecified atom stereocenters. The van der Waals surface area contributed by atoms with Gasteiger partial charge in [-0.2, -0.15) is 0 Å². The Morgan fingerprint density at radius 1 is 1.60 bits per heavy atom. The van der Waals surface area contributed by atoms with Crippen LogP contribution < -0.4 is 11.1 Å². The third-order valence-electron chi connectivity index (χ3n) is 2.47. The minimum absolute atomic E-state index is 0.305. The van der Waals surface area contributed by atoms with E-state index in [-0.39, 0.29) is 5.82 Å². The van der Waals surface area contributed by atoms with E-state index in [9.17, 15) is 4.39 Å². The van der Waals surface area contributed by atoms with Gasteiger partial charge >= 0.3 is 0 Å². The fourth-order valence-electron chi connectivity index (χ4n) is 1.44. The Kier molecular flexibility index (Phi) is 5.04. The lowest BCUT2D eigenvalue weighted by molar-refractivity contribution is 0.499. The maximum Gasteiger partial charge on any atom is 0.165 e. The summed E-state index contributed by atoms with van der Waals surface area (Å²) in [6.45, 7) is 3.50. The molecule has 0 radical (unpaired) electrons. The van der Waals surface area contributed by atoms with Gasteiger partial charge in [0.15, 0.2) is 11.6 Å². The van der Waals surface area contributed by atoms with Crippen molar-refractivity contribution in [2.75, 3.05) is 18.4 Å². The third kappa shape index (κ3) is 3.83. The number of hydrogen-bond donors (Lipinski definition) is 2. The number of anilines is 1. The lowest BCUT2D eigenvalue weighted by Gasteiger charge is -2.14. The summed E-state index contributed by atoms with van der Waals surface area (Å²) < 4.78 is 13.2. The summed E-state index contributed by atoms with van der Waals surface area (Å²) in [5.41, 5.74) is 5.49. The first kappa shape index (κ1) is 11.9. The van der Waals surface area contributed by atoms with Crippen molar-refractivity contribution in [3.05, 3.63) is 24.1 Å². The molecule has 1 heterocycles. The van der Waals surface area contributed by atoms with Gasteiger partial charge in [0.2, 0.25) is 0 Å². The van der Waals surface area contributed by atoms with Crippen molar-refractivity contribution >= 4 is 5.82 Å². The molecule has 0 bridgehead atoms. The quantitative estimate of drug-likeness (QED) is 0.756. The molecule has 84 valence electrons. The molecular formula is C11H18FN3. The summed E-state index contributed by atoms with van der Waals surface area (Å²) in [4.78, 5) is 3.93. The van der Waals surface area contributed by atoms with Crippen LogP contribution in [0.4, 0.5) is 10.2 Å². The van der Waals surface area contributed by atoms with Crippen molar-refractivity contribution in [1.82, 2.24) is 4.98 Å². The first-order valence-corrected chi connectivity index (χ1v) is 5.32. The number of halogens is 1. The van der Waals surface area contributed by atoms with Crippen molar-refractivity contribution in [1.29, 1.82) is 0 Å². The van der Waals surface area contributed by atoms with E-state index in [0.717, 1.165) is 19.4 Å². The van der Waals surface area contributed by atoms with Gasteiger partial charge in [0.25, 0.3) is 0 Å². The highest BCUT2D eigenvalue weighted by Gasteiger charge is 2.07. The van der Waals surface area contributed by atoms with Gasteiger partial charge in [-0.15, -0.1) is 0 Å². The summed E-state index contributed by atoms with van der Waals surface area (Å²) in [5, 5.41) is 3.01. The molecule has 0 saturated carbocycles. The normalized spacial score (nSPS) is 12.5. The maximum atomic E-state index is 13.2. The van der Waals surface area contributed by atoms with E-state index >= 15 is 0 Å². The van der Waals surface area contributed by atoms with Gasteiger partial charge in [0, 0.05) is 12.7 Å². The monoisotopic (exact) mass is 211 g/mol. The molecule has 1 rings (SSSR count). The van der Waals surface area contributed by atoms with Gasteiger partial charge in [-0.05, 0) is 31.0 Å². The fourth-order valence-corrected chi connectivity index (χ4v) is 1.44. The molecule has 0 aliphatic carbocycles. The van der Waals surface area contributed by atoms with Gasteiger partial charge in [-0.3, -0.25) is 0 Å². The number of aromatic nitrogens is 1. The third-order valence-corrected chi connectivity index (χ3v) is 2.47. The van der Waals surface area contributed by atoms with Crippen molar-refractivity contribution in [3.8, 4) is 0 Å². The van der Waals surface area contributed by atoms with Crippen molar-refractivity contribution in [2.24, 2.45) is 11.7 Å². The summed E-state index contributed by atoms with van der Waals surface area (Å²) >= 11 is 0. The summed E-state index contributed by atoms with van der Waals surface area (Å²) in [6, 6.07) is 2.98. The van der Waals surface area contributed by atoms with Crippen molar-refractivity contribution < 1.29 is 4.39 Å². The van der Waals surface area contributed by atoms with Crippen LogP contribution in [0.5, 0.6) is 0 Å². The minimum Gasteiger partial charge on any atom is -0.367 e. The van der Waals surface area contributed by atoms with E-state index in [1.165, 1.54) is 6.07 Å². The Morgan fingerprint density at radius 3 is 3.00 bits per heavy atom. The summed E-state index contributed by atoms with van der Waals surface area (Å²) in [7, 11) is 0. The maximum absolute atomic E-state index is 13.2. The Bertz CT molecular complexity index is 291. The Balaban J connectivity index is 2.45. The highest BCUT2D eigenvalue weighted by atomic mass is 19.1. The second-order valence-electron chi connectivity index (χ2n) is 3.57. The fraction of sp³-hybridized carbons (Fsp3) is 0.545. The second kappa shape index (κ2) is 6.35. The molecule has 0 saturated heterocycles. The molecule has 1 atom stereocenters. The zero-order valence-electron chi connectivity index (χ0n) is 9.04. The molecule has 3 nitrogen and oxygen atoms in total. The first-order chi connectivity index (χ1) is 7.27. The molecule has 0 aliphatic rings. The average Bonchev–Trinajstić information content (AvgIpc) is 2.26. The van der Waals surface area contributed by atoms with E-state index in [2.05, 4.69) is 17.2 Å². The molecule has 15 heavy (non-hydrogen) atoms. The largest absolute Gasteiger partial charge is 0.367 e. The van der Waals surface area contributed by atoms with E-state index in [0.29, 0.717) is 18.3 Å². The topological polar surface area (TPSA) is 50.9 Å². The van der Waals surface area contributed by atoms with Gasteiger partial charge in [-0.1, -0.05) is 13.3 Å². The molecule has 0 spiro atoms. The molecule has 1 aromatic rings. The molecule has 4 heteroatoms.